The van der Waals surface area contributed by atoms with E-state index in [1.165, 1.54) is 24.3 Å². The number of halogens is 2. The molecule has 0 aliphatic heterocycles. The van der Waals surface area contributed by atoms with Gasteiger partial charge in [0.05, 0.1) is 0 Å². The Kier molecular flexibility index (Phi) is 3.39. The molecule has 0 unspecified atom stereocenters. The zero-order valence-electron chi connectivity index (χ0n) is 11.2. The average molecular weight is 283 g/mol. The van der Waals surface area contributed by atoms with Gasteiger partial charge in [-0.05, 0) is 55.5 Å². The second-order valence-electron chi connectivity index (χ2n) is 4.54. The minimum absolute atomic E-state index is 0.316. The third-order valence-corrected chi connectivity index (χ3v) is 2.95. The van der Waals surface area contributed by atoms with E-state index in [2.05, 4.69) is 15.0 Å². The van der Waals surface area contributed by atoms with E-state index in [0.29, 0.717) is 28.6 Å². The Hall–Kier alpha value is -2.69. The lowest BCUT2D eigenvalue weighted by molar-refractivity contribution is 0.627. The number of aromatic nitrogens is 3. The predicted molar refractivity (Wildman–Crippen MR) is 75.4 cm³/mol. The molecule has 0 atom stereocenters. The Labute approximate surface area is 120 Å². The highest BCUT2D eigenvalue weighted by molar-refractivity contribution is 5.60. The fourth-order valence-corrected chi connectivity index (χ4v) is 1.94. The zero-order chi connectivity index (χ0) is 14.8. The maximum atomic E-state index is 13.0. The Morgan fingerprint density at radius 2 is 1.00 bits per heavy atom. The highest BCUT2D eigenvalue weighted by Crippen LogP contribution is 2.20. The van der Waals surface area contributed by atoms with E-state index in [9.17, 15) is 8.78 Å². The van der Waals surface area contributed by atoms with Crippen LogP contribution >= 0.6 is 0 Å². The van der Waals surface area contributed by atoms with E-state index in [-0.39, 0.29) is 11.6 Å². The van der Waals surface area contributed by atoms with E-state index in [1.54, 1.807) is 31.2 Å². The van der Waals surface area contributed by atoms with Gasteiger partial charge in [-0.3, -0.25) is 0 Å². The number of rotatable bonds is 2. The van der Waals surface area contributed by atoms with Crippen LogP contribution in [0.3, 0.4) is 0 Å². The van der Waals surface area contributed by atoms with Crippen molar-refractivity contribution >= 4 is 0 Å². The third kappa shape index (κ3) is 2.91. The van der Waals surface area contributed by atoms with Crippen molar-refractivity contribution in [2.45, 2.75) is 6.92 Å². The molecule has 0 amide bonds. The van der Waals surface area contributed by atoms with Gasteiger partial charge in [0.2, 0.25) is 0 Å². The van der Waals surface area contributed by atoms with E-state index in [4.69, 9.17) is 0 Å². The molecular weight excluding hydrogens is 272 g/mol. The van der Waals surface area contributed by atoms with E-state index in [0.717, 1.165) is 0 Å². The molecule has 1 heterocycles. The summed E-state index contributed by atoms with van der Waals surface area (Å²) < 4.78 is 26.0. The summed E-state index contributed by atoms with van der Waals surface area (Å²) in [5.41, 5.74) is 1.40. The molecule has 0 bridgehead atoms. The topological polar surface area (TPSA) is 38.7 Å². The van der Waals surface area contributed by atoms with Crippen LogP contribution in [0.5, 0.6) is 0 Å². The van der Waals surface area contributed by atoms with Gasteiger partial charge in [-0.1, -0.05) is 0 Å². The molecular formula is C16H11F2N3. The molecule has 0 fully saturated rings. The van der Waals surface area contributed by atoms with Crippen LogP contribution in [-0.4, -0.2) is 15.0 Å². The molecule has 2 aromatic carbocycles. The molecule has 3 aromatic rings. The van der Waals surface area contributed by atoms with Crippen molar-refractivity contribution in [3.05, 3.63) is 66.0 Å². The van der Waals surface area contributed by atoms with Crippen LogP contribution in [0.4, 0.5) is 8.78 Å². The van der Waals surface area contributed by atoms with Crippen LogP contribution in [0, 0.1) is 18.6 Å². The van der Waals surface area contributed by atoms with E-state index >= 15 is 0 Å². The molecule has 3 rings (SSSR count). The summed E-state index contributed by atoms with van der Waals surface area (Å²) in [6.45, 7) is 1.75. The van der Waals surface area contributed by atoms with Crippen molar-refractivity contribution in [3.8, 4) is 22.8 Å². The first kappa shape index (κ1) is 13.3. The van der Waals surface area contributed by atoms with Gasteiger partial charge in [-0.2, -0.15) is 0 Å². The normalized spacial score (nSPS) is 10.6. The largest absolute Gasteiger partial charge is 0.213 e. The molecule has 104 valence electrons. The fraction of sp³-hybridized carbons (Fsp3) is 0.0625. The van der Waals surface area contributed by atoms with Crippen LogP contribution < -0.4 is 0 Å². The molecule has 0 saturated heterocycles. The lowest BCUT2D eigenvalue weighted by Gasteiger charge is -2.05. The molecule has 1 aromatic heterocycles. The third-order valence-electron chi connectivity index (χ3n) is 2.95. The number of nitrogens with zero attached hydrogens (tertiary/aromatic N) is 3. The summed E-state index contributed by atoms with van der Waals surface area (Å²) in [5.74, 6) is 0.832. The number of benzene rings is 2. The number of hydrogen-bond donors (Lipinski definition) is 0. The Balaban J connectivity index is 2.07. The van der Waals surface area contributed by atoms with Crippen LogP contribution in [-0.2, 0) is 0 Å². The summed E-state index contributed by atoms with van der Waals surface area (Å²) in [7, 11) is 0. The minimum Gasteiger partial charge on any atom is -0.213 e. The minimum atomic E-state index is -0.316. The number of hydrogen-bond acceptors (Lipinski definition) is 3. The summed E-state index contributed by atoms with van der Waals surface area (Å²) >= 11 is 0. The zero-order valence-corrected chi connectivity index (χ0v) is 11.2. The highest BCUT2D eigenvalue weighted by atomic mass is 19.1. The first-order chi connectivity index (χ1) is 10.1. The molecule has 5 heteroatoms. The summed E-state index contributed by atoms with van der Waals surface area (Å²) in [6, 6.07) is 11.9. The van der Waals surface area contributed by atoms with Crippen LogP contribution in [0.25, 0.3) is 22.8 Å². The van der Waals surface area contributed by atoms with Gasteiger partial charge in [0.1, 0.15) is 17.5 Å². The molecule has 3 nitrogen and oxygen atoms in total. The molecule has 0 spiro atoms. The molecule has 0 aliphatic carbocycles. The average Bonchev–Trinajstić information content (AvgIpc) is 2.48. The standard InChI is InChI=1S/C16H11F2N3/c1-10-19-15(11-2-6-13(17)7-3-11)21-16(20-10)12-4-8-14(18)9-5-12/h2-9H,1H3. The van der Waals surface area contributed by atoms with Gasteiger partial charge in [-0.15, -0.1) is 0 Å². The first-order valence-electron chi connectivity index (χ1n) is 6.36. The second kappa shape index (κ2) is 5.36. The lowest BCUT2D eigenvalue weighted by atomic mass is 10.2. The molecule has 0 saturated carbocycles. The maximum Gasteiger partial charge on any atom is 0.163 e. The van der Waals surface area contributed by atoms with Gasteiger partial charge in [0.15, 0.2) is 11.6 Å². The van der Waals surface area contributed by atoms with Crippen LogP contribution in [0.15, 0.2) is 48.5 Å². The van der Waals surface area contributed by atoms with Crippen LogP contribution in [0.1, 0.15) is 5.82 Å². The van der Waals surface area contributed by atoms with Crippen molar-refractivity contribution in [1.82, 2.24) is 15.0 Å². The van der Waals surface area contributed by atoms with Crippen molar-refractivity contribution in [3.63, 3.8) is 0 Å². The summed E-state index contributed by atoms with van der Waals surface area (Å²) in [6.07, 6.45) is 0. The second-order valence-corrected chi connectivity index (χ2v) is 4.54. The van der Waals surface area contributed by atoms with E-state index in [1.807, 2.05) is 0 Å². The Morgan fingerprint density at radius 1 is 0.619 bits per heavy atom. The van der Waals surface area contributed by atoms with Crippen molar-refractivity contribution in [1.29, 1.82) is 0 Å². The van der Waals surface area contributed by atoms with Gasteiger partial charge < -0.3 is 0 Å². The summed E-state index contributed by atoms with van der Waals surface area (Å²) in [4.78, 5) is 12.9. The van der Waals surface area contributed by atoms with Gasteiger partial charge in [0.25, 0.3) is 0 Å². The first-order valence-corrected chi connectivity index (χ1v) is 6.36. The quantitative estimate of drug-likeness (QED) is 0.718. The SMILES string of the molecule is Cc1nc(-c2ccc(F)cc2)nc(-c2ccc(F)cc2)n1. The summed E-state index contributed by atoms with van der Waals surface area (Å²) in [5, 5.41) is 0. The number of aryl methyl sites for hydroxylation is 1. The van der Waals surface area contributed by atoms with Gasteiger partial charge in [0, 0.05) is 11.1 Å². The highest BCUT2D eigenvalue weighted by Gasteiger charge is 2.08. The van der Waals surface area contributed by atoms with Gasteiger partial charge >= 0.3 is 0 Å². The van der Waals surface area contributed by atoms with E-state index < -0.39 is 0 Å². The predicted octanol–water partition coefficient (Wildman–Crippen LogP) is 3.79. The monoisotopic (exact) mass is 283 g/mol. The lowest BCUT2D eigenvalue weighted by Crippen LogP contribution is -1.99. The Bertz CT molecular complexity index is 705. The van der Waals surface area contributed by atoms with Gasteiger partial charge in [-0.25, -0.2) is 23.7 Å². The maximum absolute atomic E-state index is 13.0. The smallest absolute Gasteiger partial charge is 0.163 e. The molecule has 0 N–H and O–H groups in total. The van der Waals surface area contributed by atoms with Crippen molar-refractivity contribution in [2.75, 3.05) is 0 Å². The van der Waals surface area contributed by atoms with Crippen molar-refractivity contribution < 1.29 is 8.78 Å². The molecule has 0 aliphatic rings. The molecule has 21 heavy (non-hydrogen) atoms. The van der Waals surface area contributed by atoms with Crippen molar-refractivity contribution in [2.24, 2.45) is 0 Å². The van der Waals surface area contributed by atoms with Crippen LogP contribution in [0.2, 0.25) is 0 Å². The fourth-order valence-electron chi connectivity index (χ4n) is 1.94. The molecule has 0 radical (unpaired) electrons. The Morgan fingerprint density at radius 3 is 1.38 bits per heavy atom.